The van der Waals surface area contributed by atoms with Gasteiger partial charge in [-0.05, 0) is 45.4 Å². The monoisotopic (exact) mass is 283 g/mol. The summed E-state index contributed by atoms with van der Waals surface area (Å²) in [5, 5.41) is 0. The van der Waals surface area contributed by atoms with Gasteiger partial charge in [-0.15, -0.1) is 0 Å². The number of carbonyl (C=O) groups excluding carboxylic acids is 1. The first-order chi connectivity index (χ1) is 9.35. The quantitative estimate of drug-likeness (QED) is 0.722. The van der Waals surface area contributed by atoms with Crippen LogP contribution in [0.25, 0.3) is 0 Å². The van der Waals surface area contributed by atoms with Gasteiger partial charge in [-0.1, -0.05) is 39.5 Å². The van der Waals surface area contributed by atoms with Gasteiger partial charge < -0.3 is 9.64 Å². The number of amides is 1. The van der Waals surface area contributed by atoms with Crippen LogP contribution in [-0.4, -0.2) is 29.7 Å². The predicted octanol–water partition coefficient (Wildman–Crippen LogP) is 4.85. The second-order valence-electron chi connectivity index (χ2n) is 7.17. The maximum Gasteiger partial charge on any atom is 0.410 e. The molecule has 0 radical (unpaired) electrons. The summed E-state index contributed by atoms with van der Waals surface area (Å²) in [4.78, 5) is 13.9. The summed E-state index contributed by atoms with van der Waals surface area (Å²) in [7, 11) is 0. The largest absolute Gasteiger partial charge is 0.444 e. The van der Waals surface area contributed by atoms with E-state index in [1.54, 1.807) is 0 Å². The number of hydrogen-bond donors (Lipinski definition) is 0. The topological polar surface area (TPSA) is 29.5 Å². The summed E-state index contributed by atoms with van der Waals surface area (Å²) < 4.78 is 5.43. The number of likely N-dealkylation sites (tertiary alicyclic amines) is 1. The maximum absolute atomic E-state index is 12.0. The number of piperidine rings is 1. The van der Waals surface area contributed by atoms with Crippen LogP contribution in [0.4, 0.5) is 4.79 Å². The van der Waals surface area contributed by atoms with Crippen LogP contribution in [0.15, 0.2) is 0 Å². The average molecular weight is 283 g/mol. The zero-order valence-corrected chi connectivity index (χ0v) is 14.1. The Morgan fingerprint density at radius 2 is 1.75 bits per heavy atom. The summed E-state index contributed by atoms with van der Waals surface area (Å²) in [5.74, 6) is 1.69. The van der Waals surface area contributed by atoms with E-state index in [2.05, 4.69) is 13.8 Å². The highest BCUT2D eigenvalue weighted by Gasteiger charge is 2.26. The van der Waals surface area contributed by atoms with Crippen LogP contribution < -0.4 is 0 Å². The van der Waals surface area contributed by atoms with Crippen LogP contribution in [0, 0.1) is 11.8 Å². The fraction of sp³-hybridized carbons (Fsp3) is 0.941. The fourth-order valence-electron chi connectivity index (χ4n) is 2.90. The lowest BCUT2D eigenvalue weighted by atomic mass is 9.87. The van der Waals surface area contributed by atoms with Gasteiger partial charge in [0.1, 0.15) is 5.60 Å². The van der Waals surface area contributed by atoms with Crippen molar-refractivity contribution < 1.29 is 9.53 Å². The van der Waals surface area contributed by atoms with Gasteiger partial charge in [0, 0.05) is 13.1 Å². The summed E-state index contributed by atoms with van der Waals surface area (Å²) in [6.45, 7) is 12.1. The lowest BCUT2D eigenvalue weighted by Crippen LogP contribution is -2.41. The molecule has 0 N–H and O–H groups in total. The highest BCUT2D eigenvalue weighted by atomic mass is 16.6. The summed E-state index contributed by atoms with van der Waals surface area (Å²) in [6.07, 6.45) is 7.41. The number of carbonyl (C=O) groups is 1. The van der Waals surface area contributed by atoms with E-state index >= 15 is 0 Å². The van der Waals surface area contributed by atoms with Crippen molar-refractivity contribution in [3.63, 3.8) is 0 Å². The Labute approximate surface area is 125 Å². The minimum absolute atomic E-state index is 0.143. The van der Waals surface area contributed by atoms with Crippen molar-refractivity contribution in [3.8, 4) is 0 Å². The lowest BCUT2D eigenvalue weighted by molar-refractivity contribution is 0.0179. The molecule has 20 heavy (non-hydrogen) atoms. The molecule has 1 amide bonds. The third kappa shape index (κ3) is 6.15. The van der Waals surface area contributed by atoms with Gasteiger partial charge >= 0.3 is 6.09 Å². The summed E-state index contributed by atoms with van der Waals surface area (Å²) in [6, 6.07) is 0. The summed E-state index contributed by atoms with van der Waals surface area (Å²) in [5.41, 5.74) is -0.386. The number of rotatable bonds is 5. The molecule has 0 aromatic heterocycles. The molecule has 0 atom stereocenters. The van der Waals surface area contributed by atoms with E-state index in [0.29, 0.717) is 0 Å². The molecular weight excluding hydrogens is 250 g/mol. The van der Waals surface area contributed by atoms with E-state index < -0.39 is 0 Å². The Bertz CT molecular complexity index is 284. The Kier molecular flexibility index (Phi) is 6.84. The molecular formula is C17H33NO2. The molecule has 1 fully saturated rings. The molecule has 0 saturated carbocycles. The molecule has 1 aliphatic heterocycles. The maximum atomic E-state index is 12.0. The number of hydrogen-bond acceptors (Lipinski definition) is 2. The van der Waals surface area contributed by atoms with E-state index in [1.807, 2.05) is 25.7 Å². The highest BCUT2D eigenvalue weighted by molar-refractivity contribution is 5.68. The van der Waals surface area contributed by atoms with Gasteiger partial charge in [0.25, 0.3) is 0 Å². The lowest BCUT2D eigenvalue weighted by Gasteiger charge is -2.33. The second kappa shape index (κ2) is 7.90. The molecule has 1 aliphatic rings. The van der Waals surface area contributed by atoms with E-state index in [0.717, 1.165) is 37.8 Å². The van der Waals surface area contributed by atoms with Gasteiger partial charge in [0.15, 0.2) is 0 Å². The Morgan fingerprint density at radius 3 is 2.20 bits per heavy atom. The molecule has 118 valence electrons. The normalized spacial score (nSPS) is 17.6. The van der Waals surface area contributed by atoms with Crippen molar-refractivity contribution in [2.45, 2.75) is 78.7 Å². The first-order valence-corrected chi connectivity index (χ1v) is 8.33. The van der Waals surface area contributed by atoms with Crippen molar-refractivity contribution >= 4 is 6.09 Å². The first-order valence-electron chi connectivity index (χ1n) is 8.33. The zero-order chi connectivity index (χ0) is 15.2. The van der Waals surface area contributed by atoms with Crippen LogP contribution in [0.1, 0.15) is 73.1 Å². The van der Waals surface area contributed by atoms with Crippen molar-refractivity contribution in [2.24, 2.45) is 11.8 Å². The molecule has 0 aliphatic carbocycles. The minimum Gasteiger partial charge on any atom is -0.444 e. The van der Waals surface area contributed by atoms with Crippen molar-refractivity contribution in [1.82, 2.24) is 4.90 Å². The van der Waals surface area contributed by atoms with Crippen LogP contribution in [0.5, 0.6) is 0 Å². The van der Waals surface area contributed by atoms with Crippen molar-refractivity contribution in [2.75, 3.05) is 13.1 Å². The number of nitrogens with zero attached hydrogens (tertiary/aromatic N) is 1. The molecule has 0 spiro atoms. The Morgan fingerprint density at radius 1 is 1.20 bits per heavy atom. The molecule has 0 aromatic rings. The van der Waals surface area contributed by atoms with Crippen LogP contribution in [0.3, 0.4) is 0 Å². The molecule has 1 saturated heterocycles. The molecule has 3 nitrogen and oxygen atoms in total. The van der Waals surface area contributed by atoms with Crippen LogP contribution in [-0.2, 0) is 4.74 Å². The second-order valence-corrected chi connectivity index (χ2v) is 7.17. The third-order valence-electron chi connectivity index (χ3n) is 4.40. The van der Waals surface area contributed by atoms with E-state index in [1.165, 1.54) is 25.7 Å². The first kappa shape index (κ1) is 17.3. The number of ether oxygens (including phenoxy) is 1. The van der Waals surface area contributed by atoms with Crippen molar-refractivity contribution in [3.05, 3.63) is 0 Å². The SMILES string of the molecule is CCC(CC)CCC1CCN(C(=O)OC(C)(C)C)CC1. The highest BCUT2D eigenvalue weighted by Crippen LogP contribution is 2.26. The van der Waals surface area contributed by atoms with E-state index in [-0.39, 0.29) is 11.7 Å². The molecule has 0 aromatic carbocycles. The third-order valence-corrected chi connectivity index (χ3v) is 4.40. The predicted molar refractivity (Wildman–Crippen MR) is 83.8 cm³/mol. The standard InChI is InChI=1S/C17H33NO2/c1-6-14(7-2)8-9-15-10-12-18(13-11-15)16(19)20-17(3,4)5/h14-15H,6-13H2,1-5H3. The zero-order valence-electron chi connectivity index (χ0n) is 14.1. The molecule has 1 heterocycles. The Balaban J connectivity index is 2.28. The minimum atomic E-state index is -0.386. The van der Waals surface area contributed by atoms with Gasteiger partial charge in [0.2, 0.25) is 0 Å². The Hall–Kier alpha value is -0.730. The van der Waals surface area contributed by atoms with Gasteiger partial charge in [0.05, 0.1) is 0 Å². The summed E-state index contributed by atoms with van der Waals surface area (Å²) >= 11 is 0. The van der Waals surface area contributed by atoms with Gasteiger partial charge in [-0.3, -0.25) is 0 Å². The van der Waals surface area contributed by atoms with Crippen LogP contribution >= 0.6 is 0 Å². The van der Waals surface area contributed by atoms with Gasteiger partial charge in [-0.25, -0.2) is 4.79 Å². The molecule has 0 bridgehead atoms. The van der Waals surface area contributed by atoms with E-state index in [4.69, 9.17) is 4.74 Å². The van der Waals surface area contributed by atoms with E-state index in [9.17, 15) is 4.79 Å². The molecule has 1 rings (SSSR count). The molecule has 3 heteroatoms. The smallest absolute Gasteiger partial charge is 0.410 e. The average Bonchev–Trinajstić information content (AvgIpc) is 2.38. The van der Waals surface area contributed by atoms with Crippen molar-refractivity contribution in [1.29, 1.82) is 0 Å². The fourth-order valence-corrected chi connectivity index (χ4v) is 2.90. The molecule has 0 unspecified atom stereocenters. The van der Waals surface area contributed by atoms with Crippen LogP contribution in [0.2, 0.25) is 0 Å². The van der Waals surface area contributed by atoms with Gasteiger partial charge in [-0.2, -0.15) is 0 Å².